The average molecular weight is 392 g/mol. The molecule has 2 aromatic rings. The Bertz CT molecular complexity index is 797. The number of amides is 1. The van der Waals surface area contributed by atoms with Gasteiger partial charge in [0.2, 0.25) is 0 Å². The number of carbonyl (C=O) groups is 1. The Morgan fingerprint density at radius 1 is 1.11 bits per heavy atom. The van der Waals surface area contributed by atoms with Crippen molar-refractivity contribution in [3.63, 3.8) is 0 Å². The second-order valence-electron chi connectivity index (χ2n) is 7.06. The van der Waals surface area contributed by atoms with Gasteiger partial charge in [0.1, 0.15) is 0 Å². The molecule has 3 rings (SSSR count). The van der Waals surface area contributed by atoms with Crippen LogP contribution in [0, 0.1) is 0 Å². The lowest BCUT2D eigenvalue weighted by Gasteiger charge is -2.33. The van der Waals surface area contributed by atoms with Crippen molar-refractivity contribution in [1.29, 1.82) is 0 Å². The SMILES string of the molecule is CCc1ccc(NC(=O)C[NH+]2CCN(c3cccc(C(F)(F)F)c3)CC2)cc1. The van der Waals surface area contributed by atoms with Gasteiger partial charge in [-0.05, 0) is 42.3 Å². The Hall–Kier alpha value is -2.54. The maximum atomic E-state index is 12.9. The van der Waals surface area contributed by atoms with Crippen molar-refractivity contribution >= 4 is 17.3 Å². The molecule has 0 saturated carbocycles. The van der Waals surface area contributed by atoms with Crippen molar-refractivity contribution in [2.75, 3.05) is 42.9 Å². The second-order valence-corrected chi connectivity index (χ2v) is 7.06. The van der Waals surface area contributed by atoms with Gasteiger partial charge in [0.15, 0.2) is 6.54 Å². The number of halogens is 3. The first-order chi connectivity index (χ1) is 13.3. The maximum Gasteiger partial charge on any atom is 0.416 e. The van der Waals surface area contributed by atoms with Gasteiger partial charge in [-0.3, -0.25) is 4.79 Å². The zero-order chi connectivity index (χ0) is 20.1. The third-order valence-corrected chi connectivity index (χ3v) is 5.07. The number of piperazine rings is 1. The minimum atomic E-state index is -4.34. The summed E-state index contributed by atoms with van der Waals surface area (Å²) in [5.41, 5.74) is 1.95. The number of hydrogen-bond acceptors (Lipinski definition) is 2. The van der Waals surface area contributed by atoms with Gasteiger partial charge >= 0.3 is 6.18 Å². The largest absolute Gasteiger partial charge is 0.416 e. The van der Waals surface area contributed by atoms with Crippen molar-refractivity contribution in [3.8, 4) is 0 Å². The summed E-state index contributed by atoms with van der Waals surface area (Å²) < 4.78 is 38.7. The fraction of sp³-hybridized carbons (Fsp3) is 0.381. The molecule has 28 heavy (non-hydrogen) atoms. The molecule has 2 aromatic carbocycles. The van der Waals surface area contributed by atoms with E-state index < -0.39 is 11.7 Å². The van der Waals surface area contributed by atoms with E-state index in [1.165, 1.54) is 17.7 Å². The Morgan fingerprint density at radius 2 is 1.79 bits per heavy atom. The number of quaternary nitrogens is 1. The standard InChI is InChI=1S/C21H24F3N3O/c1-2-16-6-8-18(9-7-16)25-20(28)15-26-10-12-27(13-11-26)19-5-3-4-17(14-19)21(22,23)24/h3-9,14H,2,10-13,15H2,1H3,(H,25,28)/p+1. The van der Waals surface area contributed by atoms with Gasteiger partial charge in [-0.25, -0.2) is 0 Å². The van der Waals surface area contributed by atoms with Crippen molar-refractivity contribution in [3.05, 3.63) is 59.7 Å². The van der Waals surface area contributed by atoms with Gasteiger partial charge in [-0.15, -0.1) is 0 Å². The average Bonchev–Trinajstić information content (AvgIpc) is 2.68. The van der Waals surface area contributed by atoms with Gasteiger partial charge in [0.25, 0.3) is 5.91 Å². The Morgan fingerprint density at radius 3 is 2.39 bits per heavy atom. The minimum absolute atomic E-state index is 0.0493. The highest BCUT2D eigenvalue weighted by Crippen LogP contribution is 2.31. The van der Waals surface area contributed by atoms with E-state index in [9.17, 15) is 18.0 Å². The molecule has 1 amide bonds. The summed E-state index contributed by atoms with van der Waals surface area (Å²) in [6.45, 7) is 5.09. The fourth-order valence-electron chi connectivity index (χ4n) is 3.39. The van der Waals surface area contributed by atoms with E-state index in [1.54, 1.807) is 6.07 Å². The number of anilines is 2. The Labute approximate surface area is 162 Å². The Balaban J connectivity index is 1.50. The van der Waals surface area contributed by atoms with Crippen molar-refractivity contribution in [2.24, 2.45) is 0 Å². The molecule has 0 aromatic heterocycles. The lowest BCUT2D eigenvalue weighted by Crippen LogP contribution is -3.15. The van der Waals surface area contributed by atoms with Crippen LogP contribution >= 0.6 is 0 Å². The summed E-state index contributed by atoms with van der Waals surface area (Å²) in [5.74, 6) is -0.0493. The highest BCUT2D eigenvalue weighted by atomic mass is 19.4. The van der Waals surface area contributed by atoms with Gasteiger partial charge < -0.3 is 15.1 Å². The van der Waals surface area contributed by atoms with Gasteiger partial charge in [-0.2, -0.15) is 13.2 Å². The lowest BCUT2D eigenvalue weighted by molar-refractivity contribution is -0.892. The van der Waals surface area contributed by atoms with Crippen molar-refractivity contribution in [1.82, 2.24) is 0 Å². The van der Waals surface area contributed by atoms with Gasteiger partial charge in [0.05, 0.1) is 31.7 Å². The van der Waals surface area contributed by atoms with Crippen molar-refractivity contribution < 1.29 is 22.9 Å². The van der Waals surface area contributed by atoms with E-state index in [2.05, 4.69) is 12.2 Å². The number of aryl methyl sites for hydroxylation is 1. The molecule has 0 aliphatic carbocycles. The summed E-state index contributed by atoms with van der Waals surface area (Å²) in [5, 5.41) is 2.91. The summed E-state index contributed by atoms with van der Waals surface area (Å²) >= 11 is 0. The van der Waals surface area contributed by atoms with E-state index in [4.69, 9.17) is 0 Å². The van der Waals surface area contributed by atoms with E-state index >= 15 is 0 Å². The van der Waals surface area contributed by atoms with E-state index in [0.29, 0.717) is 38.4 Å². The number of carbonyl (C=O) groups excluding carboxylic acids is 1. The molecule has 150 valence electrons. The number of hydrogen-bond donors (Lipinski definition) is 2. The topological polar surface area (TPSA) is 36.8 Å². The predicted molar refractivity (Wildman–Crippen MR) is 104 cm³/mol. The first-order valence-corrected chi connectivity index (χ1v) is 9.49. The van der Waals surface area contributed by atoms with Gasteiger partial charge in [-0.1, -0.05) is 25.1 Å². The predicted octanol–water partition coefficient (Wildman–Crippen LogP) is 2.61. The van der Waals surface area contributed by atoms with Crippen LogP contribution in [-0.4, -0.2) is 38.6 Å². The molecule has 0 radical (unpaired) electrons. The van der Waals surface area contributed by atoms with E-state index in [-0.39, 0.29) is 5.91 Å². The normalized spacial score (nSPS) is 15.5. The Kier molecular flexibility index (Phi) is 6.24. The number of alkyl halides is 3. The quantitative estimate of drug-likeness (QED) is 0.821. The maximum absolute atomic E-state index is 12.9. The number of nitrogens with one attached hydrogen (secondary N) is 2. The number of nitrogens with zero attached hydrogens (tertiary/aromatic N) is 1. The zero-order valence-corrected chi connectivity index (χ0v) is 15.9. The number of benzene rings is 2. The smallest absolute Gasteiger partial charge is 0.360 e. The van der Waals surface area contributed by atoms with Crippen LogP contribution in [0.2, 0.25) is 0 Å². The lowest BCUT2D eigenvalue weighted by atomic mass is 10.1. The molecule has 1 fully saturated rings. The molecule has 0 bridgehead atoms. The molecule has 2 N–H and O–H groups in total. The monoisotopic (exact) mass is 392 g/mol. The third kappa shape index (κ3) is 5.25. The summed E-state index contributed by atoms with van der Waals surface area (Å²) in [6, 6.07) is 13.2. The number of rotatable bonds is 5. The second kappa shape index (κ2) is 8.65. The van der Waals surface area contributed by atoms with E-state index in [1.807, 2.05) is 29.2 Å². The highest BCUT2D eigenvalue weighted by molar-refractivity contribution is 5.91. The molecule has 0 unspecified atom stereocenters. The fourth-order valence-corrected chi connectivity index (χ4v) is 3.39. The van der Waals surface area contributed by atoms with Crippen LogP contribution in [0.1, 0.15) is 18.1 Å². The van der Waals surface area contributed by atoms with Crippen molar-refractivity contribution in [2.45, 2.75) is 19.5 Å². The summed E-state index contributed by atoms with van der Waals surface area (Å²) in [4.78, 5) is 15.3. The molecule has 1 saturated heterocycles. The summed E-state index contributed by atoms with van der Waals surface area (Å²) in [6.07, 6.45) is -3.38. The van der Waals surface area contributed by atoms with Crippen LogP contribution in [-0.2, 0) is 17.4 Å². The van der Waals surface area contributed by atoms with Gasteiger partial charge in [0, 0.05) is 11.4 Å². The molecule has 4 nitrogen and oxygen atoms in total. The van der Waals surface area contributed by atoms with Crippen LogP contribution in [0.15, 0.2) is 48.5 Å². The first-order valence-electron chi connectivity index (χ1n) is 9.49. The molecule has 1 aliphatic heterocycles. The van der Waals surface area contributed by atoms with Crippen LogP contribution in [0.5, 0.6) is 0 Å². The molecule has 1 heterocycles. The zero-order valence-electron chi connectivity index (χ0n) is 15.9. The highest BCUT2D eigenvalue weighted by Gasteiger charge is 2.31. The van der Waals surface area contributed by atoms with E-state index in [0.717, 1.165) is 23.1 Å². The van der Waals surface area contributed by atoms with Crippen LogP contribution in [0.4, 0.5) is 24.5 Å². The molecular weight excluding hydrogens is 367 g/mol. The third-order valence-electron chi connectivity index (χ3n) is 5.07. The first kappa shape index (κ1) is 20.2. The molecular formula is C21H25F3N3O+. The van der Waals surface area contributed by atoms with Crippen LogP contribution in [0.25, 0.3) is 0 Å². The molecule has 7 heteroatoms. The van der Waals surface area contributed by atoms with Crippen LogP contribution in [0.3, 0.4) is 0 Å². The minimum Gasteiger partial charge on any atom is -0.360 e. The summed E-state index contributed by atoms with van der Waals surface area (Å²) in [7, 11) is 0. The molecule has 0 atom stereocenters. The van der Waals surface area contributed by atoms with Crippen LogP contribution < -0.4 is 15.1 Å². The molecule has 0 spiro atoms. The molecule has 1 aliphatic rings.